The number of aromatic hydroxyl groups is 1. The first kappa shape index (κ1) is 19.7. The standard InChI is InChI=1S/C19H21ClN2O4S/c1-13-4-2-3-11-22(13)27(25,26)16-8-5-14(6-9-16)19(24)21-17-12-15(20)7-10-18(17)23/h5-10,12-13,23H,2-4,11H2,1H3,(H,21,24). The second-order valence-corrected chi connectivity index (χ2v) is 8.93. The molecule has 0 radical (unpaired) electrons. The fraction of sp³-hybridized carbons (Fsp3) is 0.316. The molecule has 0 aromatic heterocycles. The van der Waals surface area contributed by atoms with E-state index in [1.165, 1.54) is 46.8 Å². The van der Waals surface area contributed by atoms with Crippen LogP contribution in [0.2, 0.25) is 5.02 Å². The van der Waals surface area contributed by atoms with Gasteiger partial charge in [-0.2, -0.15) is 4.31 Å². The van der Waals surface area contributed by atoms with Crippen LogP contribution in [0.3, 0.4) is 0 Å². The van der Waals surface area contributed by atoms with Crippen molar-refractivity contribution in [3.05, 3.63) is 53.1 Å². The molecule has 1 aliphatic rings. The molecule has 1 fully saturated rings. The van der Waals surface area contributed by atoms with Crippen LogP contribution in [-0.4, -0.2) is 36.3 Å². The predicted octanol–water partition coefficient (Wildman–Crippen LogP) is 3.86. The Morgan fingerprint density at radius 1 is 1.19 bits per heavy atom. The number of halogens is 1. The minimum Gasteiger partial charge on any atom is -0.506 e. The summed E-state index contributed by atoms with van der Waals surface area (Å²) in [4.78, 5) is 12.5. The number of phenolic OH excluding ortho intramolecular Hbond substituents is 1. The number of amides is 1. The maximum absolute atomic E-state index is 12.8. The molecular weight excluding hydrogens is 388 g/mol. The normalized spacial score (nSPS) is 18.2. The topological polar surface area (TPSA) is 86.7 Å². The van der Waals surface area contributed by atoms with Crippen molar-refractivity contribution < 1.29 is 18.3 Å². The number of nitrogens with one attached hydrogen (secondary N) is 1. The van der Waals surface area contributed by atoms with Gasteiger partial charge in [-0.3, -0.25) is 4.79 Å². The summed E-state index contributed by atoms with van der Waals surface area (Å²) >= 11 is 5.87. The summed E-state index contributed by atoms with van der Waals surface area (Å²) in [7, 11) is -3.58. The summed E-state index contributed by atoms with van der Waals surface area (Å²) in [6.45, 7) is 2.43. The van der Waals surface area contributed by atoms with Gasteiger partial charge in [0.15, 0.2) is 0 Å². The van der Waals surface area contributed by atoms with E-state index in [1.54, 1.807) is 0 Å². The minimum absolute atomic E-state index is 0.0301. The maximum atomic E-state index is 12.8. The third kappa shape index (κ3) is 4.26. The summed E-state index contributed by atoms with van der Waals surface area (Å²) in [5.74, 6) is -0.575. The van der Waals surface area contributed by atoms with Gasteiger partial charge in [0, 0.05) is 23.2 Å². The summed E-state index contributed by atoms with van der Waals surface area (Å²) in [5.41, 5.74) is 0.464. The number of nitrogens with zero attached hydrogens (tertiary/aromatic N) is 1. The maximum Gasteiger partial charge on any atom is 0.255 e. The monoisotopic (exact) mass is 408 g/mol. The van der Waals surface area contributed by atoms with Crippen LogP contribution < -0.4 is 5.32 Å². The van der Waals surface area contributed by atoms with Gasteiger partial charge in [-0.25, -0.2) is 8.42 Å². The smallest absolute Gasteiger partial charge is 0.255 e. The molecule has 1 aliphatic heterocycles. The quantitative estimate of drug-likeness (QED) is 0.752. The van der Waals surface area contributed by atoms with Crippen molar-refractivity contribution in [1.29, 1.82) is 0 Å². The number of sulfonamides is 1. The fourth-order valence-corrected chi connectivity index (χ4v) is 5.02. The Bertz CT molecular complexity index is 945. The first-order valence-electron chi connectivity index (χ1n) is 8.71. The highest BCUT2D eigenvalue weighted by Gasteiger charge is 2.30. The second kappa shape index (κ2) is 7.88. The fourth-order valence-electron chi connectivity index (χ4n) is 3.15. The van der Waals surface area contributed by atoms with Crippen LogP contribution in [0.4, 0.5) is 5.69 Å². The summed E-state index contributed by atoms with van der Waals surface area (Å²) in [5, 5.41) is 12.7. The van der Waals surface area contributed by atoms with Crippen molar-refractivity contribution in [2.45, 2.75) is 37.1 Å². The zero-order valence-corrected chi connectivity index (χ0v) is 16.4. The first-order valence-corrected chi connectivity index (χ1v) is 10.5. The second-order valence-electron chi connectivity index (χ2n) is 6.60. The Kier molecular flexibility index (Phi) is 5.74. The summed E-state index contributed by atoms with van der Waals surface area (Å²) in [6.07, 6.45) is 2.73. The molecule has 2 aromatic rings. The number of phenols is 1. The Labute approximate surface area is 163 Å². The average molecular weight is 409 g/mol. The molecule has 0 aliphatic carbocycles. The molecule has 0 spiro atoms. The molecule has 0 saturated carbocycles. The predicted molar refractivity (Wildman–Crippen MR) is 105 cm³/mol. The van der Waals surface area contributed by atoms with E-state index in [9.17, 15) is 18.3 Å². The Hall–Kier alpha value is -2.09. The Balaban J connectivity index is 1.78. The Morgan fingerprint density at radius 3 is 2.56 bits per heavy atom. The van der Waals surface area contributed by atoms with Crippen molar-refractivity contribution in [1.82, 2.24) is 4.31 Å². The number of rotatable bonds is 4. The molecule has 27 heavy (non-hydrogen) atoms. The Morgan fingerprint density at radius 2 is 1.89 bits per heavy atom. The molecule has 1 unspecified atom stereocenters. The molecule has 6 nitrogen and oxygen atoms in total. The lowest BCUT2D eigenvalue weighted by atomic mass is 10.1. The van der Waals surface area contributed by atoms with Crippen LogP contribution in [0.25, 0.3) is 0 Å². The van der Waals surface area contributed by atoms with Gasteiger partial charge in [0.1, 0.15) is 5.75 Å². The lowest BCUT2D eigenvalue weighted by Gasteiger charge is -2.32. The number of carbonyl (C=O) groups is 1. The van der Waals surface area contributed by atoms with Crippen LogP contribution >= 0.6 is 11.6 Å². The minimum atomic E-state index is -3.58. The largest absolute Gasteiger partial charge is 0.506 e. The summed E-state index contributed by atoms with van der Waals surface area (Å²) in [6, 6.07) is 10.1. The number of carbonyl (C=O) groups excluding carboxylic acids is 1. The van der Waals surface area contributed by atoms with E-state index < -0.39 is 15.9 Å². The van der Waals surface area contributed by atoms with Gasteiger partial charge in [0.05, 0.1) is 10.6 Å². The molecule has 8 heteroatoms. The van der Waals surface area contributed by atoms with Gasteiger partial charge < -0.3 is 10.4 Å². The van der Waals surface area contributed by atoms with E-state index >= 15 is 0 Å². The lowest BCUT2D eigenvalue weighted by molar-refractivity contribution is 0.102. The third-order valence-corrected chi connectivity index (χ3v) is 6.93. The first-order chi connectivity index (χ1) is 12.8. The SMILES string of the molecule is CC1CCCCN1S(=O)(=O)c1ccc(C(=O)Nc2cc(Cl)ccc2O)cc1. The molecule has 1 saturated heterocycles. The molecule has 1 amide bonds. The molecule has 3 rings (SSSR count). The molecule has 0 bridgehead atoms. The van der Waals surface area contributed by atoms with Crippen LogP contribution in [0.15, 0.2) is 47.4 Å². The van der Waals surface area contributed by atoms with E-state index in [2.05, 4.69) is 5.32 Å². The van der Waals surface area contributed by atoms with Crippen molar-refractivity contribution in [2.24, 2.45) is 0 Å². The highest BCUT2D eigenvalue weighted by atomic mass is 35.5. The lowest BCUT2D eigenvalue weighted by Crippen LogP contribution is -2.41. The molecule has 2 N–H and O–H groups in total. The number of hydrogen-bond donors (Lipinski definition) is 2. The molecule has 144 valence electrons. The molecule has 1 atom stereocenters. The van der Waals surface area contributed by atoms with Crippen molar-refractivity contribution in [3.8, 4) is 5.75 Å². The third-order valence-electron chi connectivity index (χ3n) is 4.67. The molecule has 1 heterocycles. The van der Waals surface area contributed by atoms with Crippen molar-refractivity contribution >= 4 is 33.2 Å². The van der Waals surface area contributed by atoms with E-state index in [4.69, 9.17) is 11.6 Å². The molecular formula is C19H21ClN2O4S. The molecule has 2 aromatic carbocycles. The van der Waals surface area contributed by atoms with Gasteiger partial charge in [-0.05, 0) is 62.2 Å². The van der Waals surface area contributed by atoms with E-state index in [0.29, 0.717) is 11.6 Å². The zero-order chi connectivity index (χ0) is 19.6. The van der Waals surface area contributed by atoms with E-state index in [1.807, 2.05) is 6.92 Å². The highest BCUT2D eigenvalue weighted by molar-refractivity contribution is 7.89. The van der Waals surface area contributed by atoms with Gasteiger partial charge in [-0.15, -0.1) is 0 Å². The van der Waals surface area contributed by atoms with Crippen LogP contribution in [0.5, 0.6) is 5.75 Å². The highest BCUT2D eigenvalue weighted by Crippen LogP contribution is 2.28. The summed E-state index contributed by atoms with van der Waals surface area (Å²) < 4.78 is 27.2. The number of hydrogen-bond acceptors (Lipinski definition) is 4. The average Bonchev–Trinajstić information content (AvgIpc) is 2.65. The van der Waals surface area contributed by atoms with Gasteiger partial charge >= 0.3 is 0 Å². The van der Waals surface area contributed by atoms with Crippen LogP contribution in [0.1, 0.15) is 36.5 Å². The van der Waals surface area contributed by atoms with E-state index in [0.717, 1.165) is 19.3 Å². The van der Waals surface area contributed by atoms with Crippen molar-refractivity contribution in [3.63, 3.8) is 0 Å². The number of anilines is 1. The van der Waals surface area contributed by atoms with E-state index in [-0.39, 0.29) is 27.9 Å². The van der Waals surface area contributed by atoms with Crippen molar-refractivity contribution in [2.75, 3.05) is 11.9 Å². The van der Waals surface area contributed by atoms with Gasteiger partial charge in [-0.1, -0.05) is 18.0 Å². The number of piperidine rings is 1. The van der Waals surface area contributed by atoms with Gasteiger partial charge in [0.25, 0.3) is 5.91 Å². The van der Waals surface area contributed by atoms with Crippen LogP contribution in [-0.2, 0) is 10.0 Å². The number of benzene rings is 2. The zero-order valence-electron chi connectivity index (χ0n) is 14.9. The van der Waals surface area contributed by atoms with Crippen LogP contribution in [0, 0.1) is 0 Å². The van der Waals surface area contributed by atoms with Gasteiger partial charge in [0.2, 0.25) is 10.0 Å².